The molecule has 2 saturated carbocycles. The number of para-hydroxylation sites is 1. The van der Waals surface area contributed by atoms with Gasteiger partial charge in [0.15, 0.2) is 0 Å². The third kappa shape index (κ3) is 2.50. The first-order valence-electron chi connectivity index (χ1n) is 6.91. The first-order valence-corrected chi connectivity index (χ1v) is 6.91. The average molecular weight is 244 g/mol. The van der Waals surface area contributed by atoms with Gasteiger partial charge in [-0.05, 0) is 49.1 Å². The van der Waals surface area contributed by atoms with E-state index in [1.54, 1.807) is 0 Å². The van der Waals surface area contributed by atoms with Gasteiger partial charge >= 0.3 is 6.03 Å². The number of urea groups is 1. The fourth-order valence-corrected chi connectivity index (χ4v) is 3.55. The molecule has 0 radical (unpaired) electrons. The molecule has 2 aliphatic rings. The Morgan fingerprint density at radius 2 is 2.00 bits per heavy atom. The van der Waals surface area contributed by atoms with Gasteiger partial charge in [-0.15, -0.1) is 0 Å². The lowest BCUT2D eigenvalue weighted by Crippen LogP contribution is -2.34. The summed E-state index contributed by atoms with van der Waals surface area (Å²) in [7, 11) is 0. The minimum absolute atomic E-state index is 0.0797. The highest BCUT2D eigenvalue weighted by molar-refractivity contribution is 5.89. The lowest BCUT2D eigenvalue weighted by atomic mass is 9.89. The summed E-state index contributed by atoms with van der Waals surface area (Å²) in [6.45, 7) is 0.833. The smallest absolute Gasteiger partial charge is 0.319 e. The molecule has 0 spiro atoms. The van der Waals surface area contributed by atoms with Crippen LogP contribution in [0.4, 0.5) is 10.5 Å². The van der Waals surface area contributed by atoms with Crippen LogP contribution in [0.3, 0.4) is 0 Å². The SMILES string of the molecule is O=C(NC[C@H]1C[C@H]2CC[C@H]1C2)Nc1ccccc1. The zero-order chi connectivity index (χ0) is 12.4. The summed E-state index contributed by atoms with van der Waals surface area (Å²) < 4.78 is 0. The van der Waals surface area contributed by atoms with Crippen molar-refractivity contribution in [2.24, 2.45) is 17.8 Å². The summed E-state index contributed by atoms with van der Waals surface area (Å²) in [4.78, 5) is 11.8. The van der Waals surface area contributed by atoms with Crippen LogP contribution in [-0.2, 0) is 0 Å². The Labute approximate surface area is 108 Å². The van der Waals surface area contributed by atoms with Gasteiger partial charge in [0.25, 0.3) is 0 Å². The van der Waals surface area contributed by atoms with Gasteiger partial charge in [-0.3, -0.25) is 0 Å². The Balaban J connectivity index is 1.45. The van der Waals surface area contributed by atoms with Gasteiger partial charge in [0.05, 0.1) is 0 Å². The van der Waals surface area contributed by atoms with Gasteiger partial charge in [-0.1, -0.05) is 24.6 Å². The van der Waals surface area contributed by atoms with Crippen molar-refractivity contribution in [2.45, 2.75) is 25.7 Å². The van der Waals surface area contributed by atoms with Crippen LogP contribution in [0, 0.1) is 17.8 Å². The second-order valence-corrected chi connectivity index (χ2v) is 5.64. The fourth-order valence-electron chi connectivity index (χ4n) is 3.55. The normalized spacial score (nSPS) is 29.2. The number of hydrogen-bond donors (Lipinski definition) is 2. The van der Waals surface area contributed by atoms with Crippen LogP contribution in [0.25, 0.3) is 0 Å². The zero-order valence-electron chi connectivity index (χ0n) is 10.6. The Bertz CT molecular complexity index is 418. The van der Waals surface area contributed by atoms with E-state index < -0.39 is 0 Å². The molecular formula is C15H20N2O. The maximum absolute atomic E-state index is 11.8. The Kier molecular flexibility index (Phi) is 3.22. The van der Waals surface area contributed by atoms with Crippen molar-refractivity contribution < 1.29 is 4.79 Å². The molecule has 18 heavy (non-hydrogen) atoms. The maximum atomic E-state index is 11.8. The highest BCUT2D eigenvalue weighted by Crippen LogP contribution is 2.47. The number of carbonyl (C=O) groups excluding carboxylic acids is 1. The fraction of sp³-hybridized carbons (Fsp3) is 0.533. The molecule has 3 rings (SSSR count). The van der Waals surface area contributed by atoms with E-state index in [9.17, 15) is 4.79 Å². The molecule has 3 nitrogen and oxygen atoms in total. The van der Waals surface area contributed by atoms with Crippen molar-refractivity contribution in [3.05, 3.63) is 30.3 Å². The number of carbonyl (C=O) groups is 1. The lowest BCUT2D eigenvalue weighted by molar-refractivity contribution is 0.245. The molecule has 2 amide bonds. The molecule has 2 N–H and O–H groups in total. The van der Waals surface area contributed by atoms with Crippen LogP contribution in [0.1, 0.15) is 25.7 Å². The molecule has 2 bridgehead atoms. The summed E-state index contributed by atoms with van der Waals surface area (Å²) in [5.41, 5.74) is 0.850. The van der Waals surface area contributed by atoms with E-state index in [1.807, 2.05) is 30.3 Å². The lowest BCUT2D eigenvalue weighted by Gasteiger charge is -2.21. The zero-order valence-corrected chi connectivity index (χ0v) is 10.6. The third-order valence-corrected chi connectivity index (χ3v) is 4.44. The number of rotatable bonds is 3. The van der Waals surface area contributed by atoms with Gasteiger partial charge in [-0.25, -0.2) is 4.79 Å². The minimum Gasteiger partial charge on any atom is -0.338 e. The second kappa shape index (κ2) is 5.01. The van der Waals surface area contributed by atoms with Crippen LogP contribution in [-0.4, -0.2) is 12.6 Å². The van der Waals surface area contributed by atoms with E-state index in [0.717, 1.165) is 24.1 Å². The van der Waals surface area contributed by atoms with Crippen molar-refractivity contribution in [3.8, 4) is 0 Å². The van der Waals surface area contributed by atoms with Crippen LogP contribution < -0.4 is 10.6 Å². The van der Waals surface area contributed by atoms with E-state index in [4.69, 9.17) is 0 Å². The molecule has 3 atom stereocenters. The number of hydrogen-bond acceptors (Lipinski definition) is 1. The summed E-state index contributed by atoms with van der Waals surface area (Å²) >= 11 is 0. The van der Waals surface area contributed by atoms with Gasteiger partial charge in [0.1, 0.15) is 0 Å². The minimum atomic E-state index is -0.0797. The van der Waals surface area contributed by atoms with Crippen molar-refractivity contribution in [3.63, 3.8) is 0 Å². The topological polar surface area (TPSA) is 41.1 Å². The first kappa shape index (κ1) is 11.6. The predicted molar refractivity (Wildman–Crippen MR) is 72.4 cm³/mol. The quantitative estimate of drug-likeness (QED) is 0.842. The molecule has 1 aromatic rings. The second-order valence-electron chi connectivity index (χ2n) is 5.64. The van der Waals surface area contributed by atoms with Crippen molar-refractivity contribution in [1.29, 1.82) is 0 Å². The molecule has 3 heteroatoms. The molecule has 0 unspecified atom stereocenters. The number of fused-ring (bicyclic) bond motifs is 2. The van der Waals surface area contributed by atoms with Gasteiger partial charge < -0.3 is 10.6 Å². The Morgan fingerprint density at radius 1 is 1.17 bits per heavy atom. The Morgan fingerprint density at radius 3 is 2.67 bits per heavy atom. The molecule has 1 aromatic carbocycles. The number of amides is 2. The monoisotopic (exact) mass is 244 g/mol. The standard InChI is InChI=1S/C15H20N2O/c18-15(17-14-4-2-1-3-5-14)16-10-13-9-11-6-7-12(13)8-11/h1-5,11-13H,6-10H2,(H2,16,17,18)/t11-,12-,13+/m0/s1. The molecule has 0 aliphatic heterocycles. The summed E-state index contributed by atoms with van der Waals surface area (Å²) in [6.07, 6.45) is 5.50. The molecular weight excluding hydrogens is 224 g/mol. The van der Waals surface area contributed by atoms with Gasteiger partial charge in [0.2, 0.25) is 0 Å². The highest BCUT2D eigenvalue weighted by atomic mass is 16.2. The Hall–Kier alpha value is -1.51. The largest absolute Gasteiger partial charge is 0.338 e. The van der Waals surface area contributed by atoms with Crippen LogP contribution in [0.15, 0.2) is 30.3 Å². The maximum Gasteiger partial charge on any atom is 0.319 e. The van der Waals surface area contributed by atoms with Crippen LogP contribution >= 0.6 is 0 Å². The van der Waals surface area contributed by atoms with Gasteiger partial charge in [0, 0.05) is 12.2 Å². The van der Waals surface area contributed by atoms with Crippen molar-refractivity contribution >= 4 is 11.7 Å². The molecule has 0 heterocycles. The molecule has 96 valence electrons. The molecule has 2 fully saturated rings. The summed E-state index contributed by atoms with van der Waals surface area (Å²) in [5, 5.41) is 5.87. The number of nitrogens with one attached hydrogen (secondary N) is 2. The van der Waals surface area contributed by atoms with E-state index in [1.165, 1.54) is 25.7 Å². The highest BCUT2D eigenvalue weighted by Gasteiger charge is 2.39. The van der Waals surface area contributed by atoms with E-state index in [-0.39, 0.29) is 6.03 Å². The van der Waals surface area contributed by atoms with Crippen molar-refractivity contribution in [1.82, 2.24) is 5.32 Å². The molecule has 0 aromatic heterocycles. The number of benzene rings is 1. The summed E-state index contributed by atoms with van der Waals surface area (Å²) in [5.74, 6) is 2.52. The van der Waals surface area contributed by atoms with Crippen LogP contribution in [0.5, 0.6) is 0 Å². The van der Waals surface area contributed by atoms with E-state index >= 15 is 0 Å². The third-order valence-electron chi connectivity index (χ3n) is 4.44. The summed E-state index contributed by atoms with van der Waals surface area (Å²) in [6, 6.07) is 9.51. The van der Waals surface area contributed by atoms with E-state index in [2.05, 4.69) is 10.6 Å². The van der Waals surface area contributed by atoms with Crippen molar-refractivity contribution in [2.75, 3.05) is 11.9 Å². The van der Waals surface area contributed by atoms with E-state index in [0.29, 0.717) is 5.92 Å². The van der Waals surface area contributed by atoms with Crippen LogP contribution in [0.2, 0.25) is 0 Å². The molecule has 2 aliphatic carbocycles. The van der Waals surface area contributed by atoms with Gasteiger partial charge in [-0.2, -0.15) is 0 Å². The predicted octanol–water partition coefficient (Wildman–Crippen LogP) is 3.24. The first-order chi connectivity index (χ1) is 8.81. The average Bonchev–Trinajstić information content (AvgIpc) is 3.00. The number of anilines is 1. The molecule has 0 saturated heterocycles.